The molecule has 0 spiro atoms. The summed E-state index contributed by atoms with van der Waals surface area (Å²) < 4.78 is 21.8. The highest BCUT2D eigenvalue weighted by Crippen LogP contribution is 2.39. The average molecular weight is 659 g/mol. The molecule has 2 aromatic carbocycles. The van der Waals surface area contributed by atoms with Crippen LogP contribution in [0.25, 0.3) is 22.4 Å². The molecule has 12 heteroatoms. The van der Waals surface area contributed by atoms with Crippen molar-refractivity contribution in [2.24, 2.45) is 7.05 Å². The number of likely N-dealkylation sites (tertiary alicyclic amines) is 1. The van der Waals surface area contributed by atoms with Crippen LogP contribution in [0.15, 0.2) is 42.6 Å². The van der Waals surface area contributed by atoms with Gasteiger partial charge in [-0.1, -0.05) is 23.7 Å². The van der Waals surface area contributed by atoms with Crippen molar-refractivity contribution < 1.29 is 23.5 Å². The Morgan fingerprint density at radius 1 is 1.13 bits per heavy atom. The van der Waals surface area contributed by atoms with E-state index in [0.29, 0.717) is 47.2 Å². The summed E-state index contributed by atoms with van der Waals surface area (Å²) in [6, 6.07) is 10.4. The number of ether oxygens (including phenoxy) is 1. The number of benzene rings is 2. The number of anilines is 1. The highest BCUT2D eigenvalue weighted by atomic mass is 35.5. The van der Waals surface area contributed by atoms with Gasteiger partial charge in [0.05, 0.1) is 29.1 Å². The number of imidazole rings is 1. The summed E-state index contributed by atoms with van der Waals surface area (Å²) >= 11 is 6.88. The highest BCUT2D eigenvalue weighted by molar-refractivity contribution is 6.35. The normalized spacial score (nSPS) is 15.3. The third kappa shape index (κ3) is 6.13. The summed E-state index contributed by atoms with van der Waals surface area (Å²) in [5.74, 6) is -0.510. The van der Waals surface area contributed by atoms with E-state index in [1.165, 1.54) is 19.2 Å². The Balaban J connectivity index is 1.23. The molecule has 0 atom stereocenters. The second-order valence-corrected chi connectivity index (χ2v) is 12.4. The van der Waals surface area contributed by atoms with Crippen molar-refractivity contribution in [1.29, 1.82) is 0 Å². The van der Waals surface area contributed by atoms with Crippen molar-refractivity contribution in [1.82, 2.24) is 24.3 Å². The van der Waals surface area contributed by atoms with E-state index in [9.17, 15) is 18.8 Å². The van der Waals surface area contributed by atoms with Gasteiger partial charge in [-0.3, -0.25) is 24.3 Å². The van der Waals surface area contributed by atoms with E-state index in [4.69, 9.17) is 21.3 Å². The number of methoxy groups -OCH3 is 1. The predicted octanol–water partition coefficient (Wildman–Crippen LogP) is 5.69. The first-order chi connectivity index (χ1) is 22.6. The van der Waals surface area contributed by atoms with E-state index in [-0.39, 0.29) is 28.1 Å². The molecule has 4 aromatic rings. The maximum absolute atomic E-state index is 14.7. The summed E-state index contributed by atoms with van der Waals surface area (Å²) in [6.07, 6.45) is 4.65. The lowest BCUT2D eigenvalue weighted by Crippen LogP contribution is -2.47. The summed E-state index contributed by atoms with van der Waals surface area (Å²) in [6.45, 7) is 6.61. The topological polar surface area (TPSA) is 110 Å². The van der Waals surface area contributed by atoms with Gasteiger partial charge in [0.25, 0.3) is 5.91 Å². The van der Waals surface area contributed by atoms with Crippen molar-refractivity contribution in [3.8, 4) is 28.1 Å². The van der Waals surface area contributed by atoms with Crippen molar-refractivity contribution >= 4 is 35.4 Å². The molecule has 10 nitrogen and oxygen atoms in total. The fraction of sp³-hybridized carbons (Fsp3) is 0.343. The first-order valence-electron chi connectivity index (χ1n) is 15.5. The lowest BCUT2D eigenvalue weighted by Gasteiger charge is -2.39. The standard InChI is InChI=1S/C35H36ClFN6O4/c1-20-24(25-8-12-38-33(32(25)36)22-16-27(37)26(19-44)31(17-22)47-4)6-5-7-28(20)40-35(46)34-39-29-18-43(15-11-30(29)41(34)3)23-9-13-42(14-10-23)21(2)45/h5-8,12,16-17,19,23H,9-11,13-15,18H2,1-4H3,(H,40,46). The van der Waals surface area contributed by atoms with Crippen LogP contribution in [0.2, 0.25) is 5.02 Å². The Labute approximate surface area is 277 Å². The number of fused-ring (bicyclic) bond motifs is 1. The Morgan fingerprint density at radius 3 is 2.60 bits per heavy atom. The number of rotatable bonds is 7. The lowest BCUT2D eigenvalue weighted by atomic mass is 9.97. The number of halogens is 2. The third-order valence-electron chi connectivity index (χ3n) is 9.38. The fourth-order valence-electron chi connectivity index (χ4n) is 6.72. The number of amides is 2. The van der Waals surface area contributed by atoms with Gasteiger partial charge in [-0.15, -0.1) is 0 Å². The van der Waals surface area contributed by atoms with E-state index in [1.807, 2.05) is 41.6 Å². The molecule has 1 saturated heterocycles. The molecule has 0 radical (unpaired) electrons. The number of hydrogen-bond donors (Lipinski definition) is 1. The maximum Gasteiger partial charge on any atom is 0.291 e. The smallest absolute Gasteiger partial charge is 0.291 e. The maximum atomic E-state index is 14.7. The summed E-state index contributed by atoms with van der Waals surface area (Å²) in [7, 11) is 3.24. The van der Waals surface area contributed by atoms with Crippen LogP contribution < -0.4 is 10.1 Å². The number of piperidine rings is 1. The summed E-state index contributed by atoms with van der Waals surface area (Å²) in [5.41, 5.74) is 5.26. The molecule has 6 rings (SSSR count). The van der Waals surface area contributed by atoms with Crippen molar-refractivity contribution in [2.45, 2.75) is 45.7 Å². The van der Waals surface area contributed by atoms with Gasteiger partial charge in [-0.2, -0.15) is 0 Å². The Hall–Kier alpha value is -4.61. The van der Waals surface area contributed by atoms with Crippen molar-refractivity contribution in [2.75, 3.05) is 32.1 Å². The van der Waals surface area contributed by atoms with Gasteiger partial charge < -0.3 is 19.5 Å². The molecule has 4 heterocycles. The first-order valence-corrected chi connectivity index (χ1v) is 15.9. The monoisotopic (exact) mass is 658 g/mol. The molecule has 0 saturated carbocycles. The number of nitrogens with one attached hydrogen (secondary N) is 1. The molecule has 2 aliphatic rings. The van der Waals surface area contributed by atoms with E-state index in [1.54, 1.807) is 19.2 Å². The number of aromatic nitrogens is 3. The zero-order valence-electron chi connectivity index (χ0n) is 26.8. The number of hydrogen-bond acceptors (Lipinski definition) is 7. The molecule has 2 amide bonds. The summed E-state index contributed by atoms with van der Waals surface area (Å²) in [5, 5.41) is 3.33. The zero-order chi connectivity index (χ0) is 33.4. The molecule has 47 heavy (non-hydrogen) atoms. The molecule has 1 N–H and O–H groups in total. The molecule has 0 aliphatic carbocycles. The number of pyridine rings is 1. The number of nitrogens with zero attached hydrogens (tertiary/aromatic N) is 5. The van der Waals surface area contributed by atoms with Crippen LogP contribution in [0.1, 0.15) is 57.7 Å². The van der Waals surface area contributed by atoms with Crippen LogP contribution in [0.4, 0.5) is 10.1 Å². The summed E-state index contributed by atoms with van der Waals surface area (Å²) in [4.78, 5) is 50.3. The molecule has 2 aliphatic heterocycles. The second-order valence-electron chi connectivity index (χ2n) is 12.0. The van der Waals surface area contributed by atoms with Crippen LogP contribution in [0.5, 0.6) is 5.75 Å². The van der Waals surface area contributed by atoms with E-state index < -0.39 is 5.82 Å². The van der Waals surface area contributed by atoms with E-state index >= 15 is 0 Å². The second kappa shape index (κ2) is 13.2. The fourth-order valence-corrected chi connectivity index (χ4v) is 7.04. The minimum atomic E-state index is -0.739. The van der Waals surface area contributed by atoms with E-state index in [2.05, 4.69) is 15.2 Å². The quantitative estimate of drug-likeness (QED) is 0.254. The molecule has 2 aromatic heterocycles. The van der Waals surface area contributed by atoms with Gasteiger partial charge >= 0.3 is 0 Å². The minimum Gasteiger partial charge on any atom is -0.496 e. The Kier molecular flexibility index (Phi) is 9.11. The largest absolute Gasteiger partial charge is 0.496 e. The average Bonchev–Trinajstić information content (AvgIpc) is 3.41. The van der Waals surface area contributed by atoms with Crippen LogP contribution in [0, 0.1) is 12.7 Å². The molecule has 1 fully saturated rings. The SMILES string of the molecule is COc1cc(-c2nccc(-c3cccc(NC(=O)c4nc5c(n4C)CCN(C4CCN(C(C)=O)CC4)C5)c3C)c2Cl)cc(F)c1C=O. The third-order valence-corrected chi connectivity index (χ3v) is 9.76. The molecule has 0 unspecified atom stereocenters. The predicted molar refractivity (Wildman–Crippen MR) is 177 cm³/mol. The van der Waals surface area contributed by atoms with Gasteiger partial charge in [0, 0.05) is 81.3 Å². The van der Waals surface area contributed by atoms with Gasteiger partial charge in [0.15, 0.2) is 12.1 Å². The van der Waals surface area contributed by atoms with Gasteiger partial charge in [-0.25, -0.2) is 9.37 Å². The number of aldehydes is 1. The molecule has 0 bridgehead atoms. The molecular formula is C35H36ClFN6O4. The lowest BCUT2D eigenvalue weighted by molar-refractivity contribution is -0.130. The van der Waals surface area contributed by atoms with Crippen molar-refractivity contribution in [3.05, 3.63) is 81.8 Å². The van der Waals surface area contributed by atoms with Crippen molar-refractivity contribution in [3.63, 3.8) is 0 Å². The molecular weight excluding hydrogens is 623 g/mol. The molecule has 244 valence electrons. The Bertz CT molecular complexity index is 1880. The Morgan fingerprint density at radius 2 is 1.89 bits per heavy atom. The van der Waals surface area contributed by atoms with Gasteiger partial charge in [0.2, 0.25) is 5.91 Å². The van der Waals surface area contributed by atoms with Crippen LogP contribution in [-0.4, -0.2) is 75.2 Å². The van der Waals surface area contributed by atoms with Crippen LogP contribution in [0.3, 0.4) is 0 Å². The first kappa shape index (κ1) is 32.3. The van der Waals surface area contributed by atoms with Crippen LogP contribution >= 0.6 is 11.6 Å². The van der Waals surface area contributed by atoms with Gasteiger partial charge in [-0.05, 0) is 55.2 Å². The number of carbonyl (C=O) groups excluding carboxylic acids is 3. The minimum absolute atomic E-state index is 0.0813. The van der Waals surface area contributed by atoms with Gasteiger partial charge in [0.1, 0.15) is 11.6 Å². The van der Waals surface area contributed by atoms with E-state index in [0.717, 1.165) is 61.4 Å². The zero-order valence-corrected chi connectivity index (χ0v) is 27.5. The number of carbonyl (C=O) groups is 3. The highest BCUT2D eigenvalue weighted by Gasteiger charge is 2.31. The van der Waals surface area contributed by atoms with Crippen LogP contribution in [-0.2, 0) is 24.8 Å².